The fourth-order valence-corrected chi connectivity index (χ4v) is 4.93. The Kier molecular flexibility index (Phi) is 8.73. The van der Waals surface area contributed by atoms with Gasteiger partial charge in [-0.3, -0.25) is 4.79 Å². The SMILES string of the molecule is CCOc1ccc(C(=O)Nc2cc(Cl)c(Cl)cc2Cl)cc1CN(C)S(=O)(=O)c1ccc(Cl)cc1. The van der Waals surface area contributed by atoms with Crippen LogP contribution in [0.2, 0.25) is 20.1 Å². The van der Waals surface area contributed by atoms with Crippen molar-refractivity contribution in [3.63, 3.8) is 0 Å². The summed E-state index contributed by atoms with van der Waals surface area (Å²) in [5.74, 6) is -0.00225. The van der Waals surface area contributed by atoms with E-state index in [0.29, 0.717) is 28.6 Å². The summed E-state index contributed by atoms with van der Waals surface area (Å²) in [5.41, 5.74) is 1.08. The summed E-state index contributed by atoms with van der Waals surface area (Å²) < 4.78 is 32.8. The first-order chi connectivity index (χ1) is 16.0. The van der Waals surface area contributed by atoms with Gasteiger partial charge in [0.2, 0.25) is 10.0 Å². The third-order valence-electron chi connectivity index (χ3n) is 4.80. The minimum absolute atomic E-state index is 0.0328. The highest BCUT2D eigenvalue weighted by Gasteiger charge is 2.23. The molecule has 0 aromatic heterocycles. The molecule has 180 valence electrons. The molecule has 6 nitrogen and oxygen atoms in total. The molecule has 0 atom stereocenters. The zero-order valence-corrected chi connectivity index (χ0v) is 22.0. The van der Waals surface area contributed by atoms with Gasteiger partial charge in [-0.2, -0.15) is 4.31 Å². The van der Waals surface area contributed by atoms with E-state index in [-0.39, 0.29) is 32.1 Å². The smallest absolute Gasteiger partial charge is 0.255 e. The van der Waals surface area contributed by atoms with Crippen LogP contribution in [0.25, 0.3) is 0 Å². The molecule has 11 heteroatoms. The normalized spacial score (nSPS) is 11.5. The molecule has 0 aliphatic rings. The van der Waals surface area contributed by atoms with Crippen molar-refractivity contribution in [1.82, 2.24) is 4.31 Å². The highest BCUT2D eigenvalue weighted by molar-refractivity contribution is 7.89. The number of amides is 1. The van der Waals surface area contributed by atoms with E-state index in [2.05, 4.69) is 5.32 Å². The second kappa shape index (κ2) is 11.2. The molecule has 1 amide bonds. The molecule has 1 N–H and O–H groups in total. The maximum atomic E-state index is 13.0. The largest absolute Gasteiger partial charge is 0.494 e. The van der Waals surface area contributed by atoms with Crippen LogP contribution in [-0.2, 0) is 16.6 Å². The average molecular weight is 562 g/mol. The predicted molar refractivity (Wildman–Crippen MR) is 137 cm³/mol. The summed E-state index contributed by atoms with van der Waals surface area (Å²) in [6.45, 7) is 2.14. The Hall–Kier alpha value is -2.00. The van der Waals surface area contributed by atoms with Crippen LogP contribution < -0.4 is 10.1 Å². The molecule has 0 heterocycles. The minimum atomic E-state index is -3.81. The summed E-state index contributed by atoms with van der Waals surface area (Å²) in [7, 11) is -2.36. The molecule has 0 aliphatic carbocycles. The molecule has 0 aliphatic heterocycles. The number of rotatable bonds is 8. The number of anilines is 1. The second-order valence-corrected chi connectivity index (χ2v) is 10.9. The standard InChI is InChI=1S/C23H20Cl4N2O4S/c1-3-33-22-9-4-14(23(30)28-21-12-19(26)18(25)11-20(21)27)10-15(22)13-29(2)34(31,32)17-7-5-16(24)6-8-17/h4-12H,3,13H2,1-2H3,(H,28,30). The van der Waals surface area contributed by atoms with E-state index in [1.807, 2.05) is 6.92 Å². The molecule has 3 aromatic carbocycles. The number of hydrogen-bond donors (Lipinski definition) is 1. The van der Waals surface area contributed by atoms with Gasteiger partial charge in [0.1, 0.15) is 5.75 Å². The van der Waals surface area contributed by atoms with Crippen LogP contribution in [0.3, 0.4) is 0 Å². The number of sulfonamides is 1. The zero-order valence-electron chi connectivity index (χ0n) is 18.1. The Morgan fingerprint density at radius 1 is 0.941 bits per heavy atom. The van der Waals surface area contributed by atoms with Crippen LogP contribution in [0.15, 0.2) is 59.5 Å². The highest BCUT2D eigenvalue weighted by Crippen LogP contribution is 2.33. The summed E-state index contributed by atoms with van der Waals surface area (Å²) in [6, 6.07) is 13.5. The van der Waals surface area contributed by atoms with Gasteiger partial charge >= 0.3 is 0 Å². The Bertz CT molecular complexity index is 1320. The molecule has 0 radical (unpaired) electrons. The van der Waals surface area contributed by atoms with E-state index >= 15 is 0 Å². The van der Waals surface area contributed by atoms with E-state index in [1.165, 1.54) is 47.8 Å². The number of nitrogens with zero attached hydrogens (tertiary/aromatic N) is 1. The van der Waals surface area contributed by atoms with Gasteiger partial charge in [0.15, 0.2) is 0 Å². The monoisotopic (exact) mass is 560 g/mol. The third-order valence-corrected chi connectivity index (χ3v) is 7.90. The zero-order chi connectivity index (χ0) is 25.0. The summed E-state index contributed by atoms with van der Waals surface area (Å²) in [4.78, 5) is 13.0. The minimum Gasteiger partial charge on any atom is -0.494 e. The van der Waals surface area contributed by atoms with Crippen molar-refractivity contribution >= 4 is 68.0 Å². The van der Waals surface area contributed by atoms with Crippen molar-refractivity contribution in [2.45, 2.75) is 18.4 Å². The Morgan fingerprint density at radius 2 is 1.59 bits per heavy atom. The number of carbonyl (C=O) groups excluding carboxylic acids is 1. The fraction of sp³-hybridized carbons (Fsp3) is 0.174. The summed E-state index contributed by atoms with van der Waals surface area (Å²) >= 11 is 24.0. The van der Waals surface area contributed by atoms with Crippen molar-refractivity contribution in [2.24, 2.45) is 0 Å². The van der Waals surface area contributed by atoms with Crippen molar-refractivity contribution in [3.8, 4) is 5.75 Å². The molecule has 0 saturated carbocycles. The van der Waals surface area contributed by atoms with Crippen molar-refractivity contribution in [3.05, 3.63) is 85.8 Å². The van der Waals surface area contributed by atoms with Gasteiger partial charge in [0, 0.05) is 29.7 Å². The van der Waals surface area contributed by atoms with E-state index in [1.54, 1.807) is 18.2 Å². The Morgan fingerprint density at radius 3 is 2.24 bits per heavy atom. The van der Waals surface area contributed by atoms with Crippen molar-refractivity contribution in [2.75, 3.05) is 19.0 Å². The fourth-order valence-electron chi connectivity index (χ4n) is 3.06. The molecular weight excluding hydrogens is 542 g/mol. The lowest BCUT2D eigenvalue weighted by Gasteiger charge is -2.20. The van der Waals surface area contributed by atoms with E-state index < -0.39 is 15.9 Å². The highest BCUT2D eigenvalue weighted by atomic mass is 35.5. The lowest BCUT2D eigenvalue weighted by atomic mass is 10.1. The molecule has 0 saturated heterocycles. The number of halogens is 4. The number of ether oxygens (including phenoxy) is 1. The quantitative estimate of drug-likeness (QED) is 0.308. The maximum absolute atomic E-state index is 13.0. The van der Waals surface area contributed by atoms with Gasteiger partial charge in [-0.05, 0) is 61.5 Å². The van der Waals surface area contributed by atoms with Gasteiger partial charge in [0.25, 0.3) is 5.91 Å². The molecule has 0 unspecified atom stereocenters. The van der Waals surface area contributed by atoms with Crippen LogP contribution in [-0.4, -0.2) is 32.3 Å². The first kappa shape index (κ1) is 26.6. The van der Waals surface area contributed by atoms with Crippen LogP contribution >= 0.6 is 46.4 Å². The number of carbonyl (C=O) groups is 1. The molecule has 3 aromatic rings. The van der Waals surface area contributed by atoms with E-state index in [4.69, 9.17) is 51.1 Å². The lowest BCUT2D eigenvalue weighted by molar-refractivity contribution is 0.102. The van der Waals surface area contributed by atoms with Gasteiger partial charge in [-0.1, -0.05) is 46.4 Å². The van der Waals surface area contributed by atoms with Crippen LogP contribution in [0.1, 0.15) is 22.8 Å². The van der Waals surface area contributed by atoms with Gasteiger partial charge < -0.3 is 10.1 Å². The third kappa shape index (κ3) is 6.16. The lowest BCUT2D eigenvalue weighted by Crippen LogP contribution is -2.27. The van der Waals surface area contributed by atoms with Crippen LogP contribution in [0.4, 0.5) is 5.69 Å². The van der Waals surface area contributed by atoms with E-state index in [9.17, 15) is 13.2 Å². The Labute approximate surface area is 218 Å². The van der Waals surface area contributed by atoms with E-state index in [0.717, 1.165) is 0 Å². The van der Waals surface area contributed by atoms with Crippen LogP contribution in [0.5, 0.6) is 5.75 Å². The number of hydrogen-bond acceptors (Lipinski definition) is 4. The summed E-state index contributed by atoms with van der Waals surface area (Å²) in [6.07, 6.45) is 0. The Balaban J connectivity index is 1.89. The van der Waals surface area contributed by atoms with Gasteiger partial charge in [-0.15, -0.1) is 0 Å². The molecule has 0 fully saturated rings. The van der Waals surface area contributed by atoms with Crippen molar-refractivity contribution in [1.29, 1.82) is 0 Å². The number of benzene rings is 3. The maximum Gasteiger partial charge on any atom is 0.255 e. The first-order valence-electron chi connectivity index (χ1n) is 9.96. The molecule has 0 bridgehead atoms. The topological polar surface area (TPSA) is 75.7 Å². The average Bonchev–Trinajstić information content (AvgIpc) is 2.79. The first-order valence-corrected chi connectivity index (χ1v) is 12.9. The number of nitrogens with one attached hydrogen (secondary N) is 1. The summed E-state index contributed by atoms with van der Waals surface area (Å²) in [5, 5.41) is 3.85. The van der Waals surface area contributed by atoms with Crippen molar-refractivity contribution < 1.29 is 17.9 Å². The molecule has 0 spiro atoms. The van der Waals surface area contributed by atoms with Crippen LogP contribution in [0, 0.1) is 0 Å². The molecular formula is C23H20Cl4N2O4S. The van der Waals surface area contributed by atoms with Gasteiger partial charge in [0.05, 0.1) is 32.3 Å². The second-order valence-electron chi connectivity index (χ2n) is 7.17. The molecule has 3 rings (SSSR count). The molecule has 34 heavy (non-hydrogen) atoms. The van der Waals surface area contributed by atoms with Gasteiger partial charge in [-0.25, -0.2) is 8.42 Å². The predicted octanol–water partition coefficient (Wildman–Crippen LogP) is 6.77.